The van der Waals surface area contributed by atoms with E-state index >= 15 is 0 Å². The van der Waals surface area contributed by atoms with Gasteiger partial charge >= 0.3 is 11.7 Å². The number of aryl methyl sites for hydroxylation is 1. The van der Waals surface area contributed by atoms with E-state index in [0.29, 0.717) is 11.1 Å². The van der Waals surface area contributed by atoms with Crippen molar-refractivity contribution in [1.29, 1.82) is 0 Å². The smallest absolute Gasteiger partial charge is 0.419 e. The van der Waals surface area contributed by atoms with E-state index < -0.39 is 17.3 Å². The summed E-state index contributed by atoms with van der Waals surface area (Å²) in [5, 5.41) is 2.88. The Morgan fingerprint density at radius 1 is 1.15 bits per heavy atom. The van der Waals surface area contributed by atoms with Crippen molar-refractivity contribution in [1.82, 2.24) is 9.88 Å². The summed E-state index contributed by atoms with van der Waals surface area (Å²) in [5.74, 6) is -1.41. The van der Waals surface area contributed by atoms with Gasteiger partial charge in [-0.25, -0.2) is 4.79 Å². The first-order chi connectivity index (χ1) is 12.5. The third-order valence-corrected chi connectivity index (χ3v) is 3.93. The number of oxazole rings is 1. The third kappa shape index (κ3) is 6.27. The van der Waals surface area contributed by atoms with Crippen LogP contribution in [0, 0.1) is 5.41 Å². The number of benzene rings is 1. The van der Waals surface area contributed by atoms with Crippen molar-refractivity contribution in [3.63, 3.8) is 0 Å². The molecule has 7 heteroatoms. The van der Waals surface area contributed by atoms with E-state index in [1.165, 1.54) is 4.57 Å². The first-order valence-corrected chi connectivity index (χ1v) is 9.02. The van der Waals surface area contributed by atoms with E-state index in [9.17, 15) is 14.4 Å². The van der Waals surface area contributed by atoms with Gasteiger partial charge in [0.05, 0.1) is 11.9 Å². The average molecular weight is 376 g/mol. The quantitative estimate of drug-likeness (QED) is 0.751. The molecule has 0 atom stereocenters. The van der Waals surface area contributed by atoms with Crippen LogP contribution in [0.3, 0.4) is 0 Å². The van der Waals surface area contributed by atoms with Crippen molar-refractivity contribution in [2.24, 2.45) is 5.41 Å². The van der Waals surface area contributed by atoms with Crippen LogP contribution in [-0.2, 0) is 20.9 Å². The molecule has 2 aromatic rings. The molecule has 1 N–H and O–H groups in total. The van der Waals surface area contributed by atoms with Gasteiger partial charge in [0.15, 0.2) is 12.2 Å². The van der Waals surface area contributed by atoms with Crippen LogP contribution in [0.15, 0.2) is 33.5 Å². The van der Waals surface area contributed by atoms with Crippen LogP contribution >= 0.6 is 0 Å². The minimum absolute atomic E-state index is 0.0257. The van der Waals surface area contributed by atoms with Gasteiger partial charge in [0.1, 0.15) is 0 Å². The summed E-state index contributed by atoms with van der Waals surface area (Å²) in [6.45, 7) is 9.97. The standard InChI is InChI=1S/C20H28N2O5/c1-19(2,3)13-20(4,5)21-16(23)12-26-17(24)10-11-22-14-8-6-7-9-15(14)27-18(22)25/h6-9H,10-13H2,1-5H3,(H,21,23). The Morgan fingerprint density at radius 3 is 2.48 bits per heavy atom. The molecule has 1 aromatic heterocycles. The lowest BCUT2D eigenvalue weighted by Gasteiger charge is -2.33. The summed E-state index contributed by atoms with van der Waals surface area (Å²) in [6, 6.07) is 6.99. The zero-order valence-electron chi connectivity index (χ0n) is 16.6. The number of ether oxygens (including phenoxy) is 1. The molecule has 0 bridgehead atoms. The molecule has 0 spiro atoms. The molecule has 1 heterocycles. The fourth-order valence-corrected chi connectivity index (χ4v) is 3.43. The second-order valence-corrected chi connectivity index (χ2v) is 8.57. The molecule has 0 saturated heterocycles. The molecule has 0 aliphatic heterocycles. The second-order valence-electron chi connectivity index (χ2n) is 8.57. The largest absolute Gasteiger partial charge is 0.456 e. The Kier molecular flexibility index (Phi) is 6.13. The highest BCUT2D eigenvalue weighted by atomic mass is 16.5. The van der Waals surface area contributed by atoms with Crippen molar-refractivity contribution >= 4 is 23.0 Å². The maximum atomic E-state index is 12.1. The SMILES string of the molecule is CC(C)(C)CC(C)(C)NC(=O)COC(=O)CCn1c(=O)oc2ccccc21. The van der Waals surface area contributed by atoms with Gasteiger partial charge in [-0.05, 0) is 37.8 Å². The molecule has 148 valence electrons. The lowest BCUT2D eigenvalue weighted by molar-refractivity contribution is -0.149. The molecule has 0 fully saturated rings. The van der Waals surface area contributed by atoms with Crippen LogP contribution < -0.4 is 11.1 Å². The van der Waals surface area contributed by atoms with Crippen LogP contribution in [0.1, 0.15) is 47.5 Å². The summed E-state index contributed by atoms with van der Waals surface area (Å²) >= 11 is 0. The minimum atomic E-state index is -0.545. The Morgan fingerprint density at radius 2 is 1.81 bits per heavy atom. The lowest BCUT2D eigenvalue weighted by atomic mass is 9.82. The average Bonchev–Trinajstić information content (AvgIpc) is 2.83. The first-order valence-electron chi connectivity index (χ1n) is 9.02. The summed E-state index contributed by atoms with van der Waals surface area (Å²) in [5.41, 5.74) is 0.757. The molecular weight excluding hydrogens is 348 g/mol. The number of hydrogen-bond donors (Lipinski definition) is 1. The third-order valence-electron chi connectivity index (χ3n) is 3.93. The fourth-order valence-electron chi connectivity index (χ4n) is 3.43. The minimum Gasteiger partial charge on any atom is -0.456 e. The molecule has 0 aliphatic carbocycles. The number of carbonyl (C=O) groups is 2. The van der Waals surface area contributed by atoms with Crippen LogP contribution in [0.5, 0.6) is 0 Å². The van der Waals surface area contributed by atoms with Gasteiger partial charge in [0.25, 0.3) is 5.91 Å². The number of esters is 1. The van der Waals surface area contributed by atoms with Crippen LogP contribution in [0.4, 0.5) is 0 Å². The highest BCUT2D eigenvalue weighted by Crippen LogP contribution is 2.26. The predicted octanol–water partition coefficient (Wildman–Crippen LogP) is 2.86. The second kappa shape index (κ2) is 7.98. The number of rotatable bonds is 7. The van der Waals surface area contributed by atoms with Gasteiger partial charge in [-0.15, -0.1) is 0 Å². The Bertz CT molecular complexity index is 870. The molecule has 0 aliphatic rings. The number of carbonyl (C=O) groups excluding carboxylic acids is 2. The summed E-state index contributed by atoms with van der Waals surface area (Å²) < 4.78 is 11.5. The maximum Gasteiger partial charge on any atom is 0.419 e. The number of fused-ring (bicyclic) bond motifs is 1. The Hall–Kier alpha value is -2.57. The zero-order chi connectivity index (χ0) is 20.2. The number of aromatic nitrogens is 1. The molecule has 1 amide bonds. The van der Waals surface area contributed by atoms with Crippen molar-refractivity contribution in [3.8, 4) is 0 Å². The number of amides is 1. The summed E-state index contributed by atoms with van der Waals surface area (Å²) in [6.07, 6.45) is 0.762. The molecule has 1 aromatic carbocycles. The Labute approximate surface area is 158 Å². The summed E-state index contributed by atoms with van der Waals surface area (Å²) in [7, 11) is 0. The molecule has 0 unspecified atom stereocenters. The predicted molar refractivity (Wildman–Crippen MR) is 102 cm³/mol. The first kappa shape index (κ1) is 20.7. The van der Waals surface area contributed by atoms with Crippen LogP contribution in [0.25, 0.3) is 11.1 Å². The van der Waals surface area contributed by atoms with Gasteiger partial charge in [-0.1, -0.05) is 32.9 Å². The van der Waals surface area contributed by atoms with E-state index in [1.54, 1.807) is 24.3 Å². The number of para-hydroxylation sites is 2. The number of nitrogens with zero attached hydrogens (tertiary/aromatic N) is 1. The maximum absolute atomic E-state index is 12.1. The van der Waals surface area contributed by atoms with Crippen molar-refractivity contribution < 1.29 is 18.7 Å². The topological polar surface area (TPSA) is 90.5 Å². The van der Waals surface area contributed by atoms with Gasteiger partial charge in [0, 0.05) is 12.1 Å². The molecule has 2 rings (SSSR count). The van der Waals surface area contributed by atoms with E-state index in [2.05, 4.69) is 26.1 Å². The van der Waals surface area contributed by atoms with Crippen LogP contribution in [0.2, 0.25) is 0 Å². The van der Waals surface area contributed by atoms with E-state index in [-0.39, 0.29) is 30.9 Å². The van der Waals surface area contributed by atoms with E-state index in [4.69, 9.17) is 9.15 Å². The summed E-state index contributed by atoms with van der Waals surface area (Å²) in [4.78, 5) is 35.9. The fraction of sp³-hybridized carbons (Fsp3) is 0.550. The van der Waals surface area contributed by atoms with Crippen molar-refractivity contribution in [2.45, 2.75) is 59.5 Å². The molecule has 0 radical (unpaired) electrons. The molecule has 7 nitrogen and oxygen atoms in total. The van der Waals surface area contributed by atoms with Crippen molar-refractivity contribution in [2.75, 3.05) is 6.61 Å². The van der Waals surface area contributed by atoms with E-state index in [0.717, 1.165) is 6.42 Å². The van der Waals surface area contributed by atoms with Gasteiger partial charge < -0.3 is 14.5 Å². The monoisotopic (exact) mass is 376 g/mol. The van der Waals surface area contributed by atoms with E-state index in [1.807, 2.05) is 13.8 Å². The molecule has 27 heavy (non-hydrogen) atoms. The van der Waals surface area contributed by atoms with Gasteiger partial charge in [-0.2, -0.15) is 0 Å². The van der Waals surface area contributed by atoms with Crippen LogP contribution in [-0.4, -0.2) is 28.6 Å². The number of hydrogen-bond acceptors (Lipinski definition) is 5. The van der Waals surface area contributed by atoms with Gasteiger partial charge in [-0.3, -0.25) is 14.2 Å². The normalized spacial score (nSPS) is 12.2. The zero-order valence-corrected chi connectivity index (χ0v) is 16.6. The molecular formula is C20H28N2O5. The van der Waals surface area contributed by atoms with Crippen molar-refractivity contribution in [3.05, 3.63) is 34.8 Å². The van der Waals surface area contributed by atoms with Gasteiger partial charge in [0.2, 0.25) is 0 Å². The highest BCUT2D eigenvalue weighted by Gasteiger charge is 2.27. The molecule has 0 saturated carbocycles. The lowest BCUT2D eigenvalue weighted by Crippen LogP contribution is -2.47. The number of nitrogens with one attached hydrogen (secondary N) is 1. The highest BCUT2D eigenvalue weighted by molar-refractivity contribution is 5.81. The Balaban J connectivity index is 1.83.